The van der Waals surface area contributed by atoms with Gasteiger partial charge in [-0.1, -0.05) is 13.3 Å². The number of hydrogen-bond donors (Lipinski definition) is 1. The monoisotopic (exact) mass is 214 g/mol. The zero-order chi connectivity index (χ0) is 10.9. The van der Waals surface area contributed by atoms with Gasteiger partial charge in [-0.05, 0) is 39.4 Å². The molecule has 0 amide bonds. The quantitative estimate of drug-likeness (QED) is 0.650. The Labute approximate surface area is 94.2 Å². The zero-order valence-electron chi connectivity index (χ0n) is 10.3. The van der Waals surface area contributed by atoms with E-state index in [1.54, 1.807) is 0 Å². The second kappa shape index (κ2) is 8.08. The van der Waals surface area contributed by atoms with Crippen LogP contribution in [0.4, 0.5) is 0 Å². The summed E-state index contributed by atoms with van der Waals surface area (Å²) in [6, 6.07) is 0.618. The second-order valence-corrected chi connectivity index (χ2v) is 4.37. The summed E-state index contributed by atoms with van der Waals surface area (Å²) < 4.78 is 5.42. The van der Waals surface area contributed by atoms with Gasteiger partial charge in [0.15, 0.2) is 0 Å². The SMILES string of the molecule is CCNCCCCCN1CCOCC1C. The van der Waals surface area contributed by atoms with Crippen LogP contribution in [0.5, 0.6) is 0 Å². The van der Waals surface area contributed by atoms with Gasteiger partial charge in [-0.15, -0.1) is 0 Å². The van der Waals surface area contributed by atoms with Crippen LogP contribution in [0.3, 0.4) is 0 Å². The number of ether oxygens (including phenoxy) is 1. The van der Waals surface area contributed by atoms with Crippen LogP contribution in [-0.4, -0.2) is 50.3 Å². The Kier molecular flexibility index (Phi) is 6.98. The molecule has 0 spiro atoms. The highest BCUT2D eigenvalue weighted by Crippen LogP contribution is 2.07. The van der Waals surface area contributed by atoms with Gasteiger partial charge >= 0.3 is 0 Å². The zero-order valence-corrected chi connectivity index (χ0v) is 10.3. The average molecular weight is 214 g/mol. The largest absolute Gasteiger partial charge is 0.379 e. The third-order valence-corrected chi connectivity index (χ3v) is 3.05. The van der Waals surface area contributed by atoms with E-state index >= 15 is 0 Å². The van der Waals surface area contributed by atoms with Crippen molar-refractivity contribution in [2.24, 2.45) is 0 Å². The molecule has 0 bridgehead atoms. The molecule has 0 aromatic carbocycles. The van der Waals surface area contributed by atoms with E-state index in [1.807, 2.05) is 0 Å². The molecule has 90 valence electrons. The lowest BCUT2D eigenvalue weighted by atomic mass is 10.2. The third kappa shape index (κ3) is 5.50. The second-order valence-electron chi connectivity index (χ2n) is 4.37. The van der Waals surface area contributed by atoms with Gasteiger partial charge in [0.25, 0.3) is 0 Å². The van der Waals surface area contributed by atoms with Crippen molar-refractivity contribution in [2.75, 3.05) is 39.4 Å². The lowest BCUT2D eigenvalue weighted by Gasteiger charge is -2.33. The van der Waals surface area contributed by atoms with Gasteiger partial charge in [-0.25, -0.2) is 0 Å². The molecule has 0 aromatic rings. The van der Waals surface area contributed by atoms with Crippen LogP contribution in [0.1, 0.15) is 33.1 Å². The lowest BCUT2D eigenvalue weighted by molar-refractivity contribution is -0.000898. The first-order chi connectivity index (χ1) is 7.34. The minimum absolute atomic E-state index is 0.618. The van der Waals surface area contributed by atoms with Crippen molar-refractivity contribution in [3.05, 3.63) is 0 Å². The molecule has 1 atom stereocenters. The molecular weight excluding hydrogens is 188 g/mol. The van der Waals surface area contributed by atoms with Crippen LogP contribution in [0.25, 0.3) is 0 Å². The summed E-state index contributed by atoms with van der Waals surface area (Å²) in [7, 11) is 0. The number of rotatable bonds is 7. The van der Waals surface area contributed by atoms with Gasteiger partial charge in [0.2, 0.25) is 0 Å². The smallest absolute Gasteiger partial charge is 0.0619 e. The first-order valence-corrected chi connectivity index (χ1v) is 6.37. The van der Waals surface area contributed by atoms with Crippen molar-refractivity contribution in [1.82, 2.24) is 10.2 Å². The van der Waals surface area contributed by atoms with Gasteiger partial charge < -0.3 is 10.1 Å². The molecule has 1 heterocycles. The van der Waals surface area contributed by atoms with Crippen LogP contribution in [0.2, 0.25) is 0 Å². The fourth-order valence-corrected chi connectivity index (χ4v) is 2.01. The Balaban J connectivity index is 1.94. The topological polar surface area (TPSA) is 24.5 Å². The summed E-state index contributed by atoms with van der Waals surface area (Å²) in [5.41, 5.74) is 0. The molecule has 1 saturated heterocycles. The fraction of sp³-hybridized carbons (Fsp3) is 1.00. The van der Waals surface area contributed by atoms with Gasteiger partial charge in [0, 0.05) is 12.6 Å². The van der Waals surface area contributed by atoms with E-state index in [2.05, 4.69) is 24.1 Å². The highest BCUT2D eigenvalue weighted by Gasteiger charge is 2.17. The summed E-state index contributed by atoms with van der Waals surface area (Å²) in [4.78, 5) is 2.55. The standard InChI is InChI=1S/C12H26N2O/c1-3-13-7-5-4-6-8-14-9-10-15-11-12(14)2/h12-13H,3-11H2,1-2H3. The Morgan fingerprint density at radius 1 is 1.33 bits per heavy atom. The number of unbranched alkanes of at least 4 members (excludes halogenated alkanes) is 2. The molecule has 1 aliphatic rings. The normalized spacial score (nSPS) is 23.2. The first kappa shape index (κ1) is 12.9. The minimum Gasteiger partial charge on any atom is -0.379 e. The molecule has 0 saturated carbocycles. The molecule has 1 aliphatic heterocycles. The summed E-state index contributed by atoms with van der Waals surface area (Å²) in [6.07, 6.45) is 3.99. The van der Waals surface area contributed by atoms with Crippen molar-refractivity contribution in [3.63, 3.8) is 0 Å². The molecule has 15 heavy (non-hydrogen) atoms. The predicted octanol–water partition coefficient (Wildman–Crippen LogP) is 1.49. The highest BCUT2D eigenvalue weighted by molar-refractivity contribution is 4.70. The van der Waals surface area contributed by atoms with Gasteiger partial charge in [0.05, 0.1) is 13.2 Å². The van der Waals surface area contributed by atoms with E-state index in [-0.39, 0.29) is 0 Å². The summed E-state index contributed by atoms with van der Waals surface area (Å²) in [5.74, 6) is 0. The molecule has 1 rings (SSSR count). The minimum atomic E-state index is 0.618. The Hall–Kier alpha value is -0.120. The van der Waals surface area contributed by atoms with Crippen molar-refractivity contribution in [1.29, 1.82) is 0 Å². The first-order valence-electron chi connectivity index (χ1n) is 6.37. The van der Waals surface area contributed by atoms with E-state index < -0.39 is 0 Å². The molecule has 1 fully saturated rings. The molecule has 3 nitrogen and oxygen atoms in total. The van der Waals surface area contributed by atoms with Gasteiger partial charge in [0.1, 0.15) is 0 Å². The van der Waals surface area contributed by atoms with E-state index in [0.717, 1.165) is 26.3 Å². The molecule has 1 unspecified atom stereocenters. The summed E-state index contributed by atoms with van der Waals surface area (Å²) >= 11 is 0. The van der Waals surface area contributed by atoms with Crippen molar-refractivity contribution in [2.45, 2.75) is 39.2 Å². The summed E-state index contributed by atoms with van der Waals surface area (Å²) in [5, 5.41) is 3.36. The Morgan fingerprint density at radius 2 is 2.20 bits per heavy atom. The number of hydrogen-bond acceptors (Lipinski definition) is 3. The van der Waals surface area contributed by atoms with Crippen LogP contribution < -0.4 is 5.32 Å². The molecule has 0 radical (unpaired) electrons. The van der Waals surface area contributed by atoms with Crippen molar-refractivity contribution in [3.8, 4) is 0 Å². The molecule has 0 aromatic heterocycles. The van der Waals surface area contributed by atoms with Gasteiger partial charge in [-0.2, -0.15) is 0 Å². The molecular formula is C12H26N2O. The number of morpholine rings is 1. The van der Waals surface area contributed by atoms with E-state index in [4.69, 9.17) is 4.74 Å². The van der Waals surface area contributed by atoms with Crippen molar-refractivity contribution >= 4 is 0 Å². The van der Waals surface area contributed by atoms with E-state index in [0.29, 0.717) is 6.04 Å². The molecule has 1 N–H and O–H groups in total. The molecule has 3 heteroatoms. The summed E-state index contributed by atoms with van der Waals surface area (Å²) in [6.45, 7) is 10.9. The van der Waals surface area contributed by atoms with Crippen molar-refractivity contribution < 1.29 is 4.74 Å². The maximum absolute atomic E-state index is 5.42. The Bertz CT molecular complexity index is 153. The van der Waals surface area contributed by atoms with E-state index in [1.165, 1.54) is 32.4 Å². The van der Waals surface area contributed by atoms with Crippen LogP contribution in [0, 0.1) is 0 Å². The van der Waals surface area contributed by atoms with Crippen LogP contribution in [0.15, 0.2) is 0 Å². The predicted molar refractivity (Wildman–Crippen MR) is 64.2 cm³/mol. The maximum atomic E-state index is 5.42. The van der Waals surface area contributed by atoms with E-state index in [9.17, 15) is 0 Å². The van der Waals surface area contributed by atoms with Crippen LogP contribution in [-0.2, 0) is 4.74 Å². The number of nitrogens with zero attached hydrogens (tertiary/aromatic N) is 1. The lowest BCUT2D eigenvalue weighted by Crippen LogP contribution is -2.43. The van der Waals surface area contributed by atoms with Gasteiger partial charge in [-0.3, -0.25) is 4.90 Å². The highest BCUT2D eigenvalue weighted by atomic mass is 16.5. The Morgan fingerprint density at radius 3 is 2.93 bits per heavy atom. The maximum Gasteiger partial charge on any atom is 0.0619 e. The fourth-order valence-electron chi connectivity index (χ4n) is 2.01. The molecule has 0 aliphatic carbocycles. The third-order valence-electron chi connectivity index (χ3n) is 3.05. The van der Waals surface area contributed by atoms with Crippen LogP contribution >= 0.6 is 0 Å². The number of nitrogens with one attached hydrogen (secondary N) is 1. The average Bonchev–Trinajstić information content (AvgIpc) is 2.25.